The van der Waals surface area contributed by atoms with Gasteiger partial charge in [0.1, 0.15) is 5.75 Å². The Bertz CT molecular complexity index is 621. The monoisotopic (exact) mass is 373 g/mol. The first-order chi connectivity index (χ1) is 9.38. The molecule has 0 bridgehead atoms. The van der Waals surface area contributed by atoms with Gasteiger partial charge in [-0.15, -0.1) is 0 Å². The van der Waals surface area contributed by atoms with Crippen molar-refractivity contribution in [3.63, 3.8) is 0 Å². The van der Waals surface area contributed by atoms with Gasteiger partial charge in [-0.1, -0.05) is 53.0 Å². The van der Waals surface area contributed by atoms with Crippen molar-refractivity contribution in [3.8, 4) is 11.5 Å². The highest BCUT2D eigenvalue weighted by atomic mass is 79.9. The molecule has 0 aromatic heterocycles. The number of halogens is 3. The second-order valence-electron chi connectivity index (χ2n) is 4.75. The molecule has 2 aromatic carbocycles. The molecule has 0 aliphatic heterocycles. The maximum Gasteiger partial charge on any atom is 0.164 e. The van der Waals surface area contributed by atoms with E-state index in [-0.39, 0.29) is 0 Å². The summed E-state index contributed by atoms with van der Waals surface area (Å²) in [5, 5.41) is 0.792. The summed E-state index contributed by atoms with van der Waals surface area (Å²) in [4.78, 5) is 0. The Morgan fingerprint density at radius 2 is 1.70 bits per heavy atom. The summed E-state index contributed by atoms with van der Waals surface area (Å²) >= 11 is 15.8. The lowest BCUT2D eigenvalue weighted by Crippen LogP contribution is -1.96. The minimum atomic E-state index is 0.314. The molecule has 106 valence electrons. The number of ether oxygens (including phenoxy) is 1. The van der Waals surface area contributed by atoms with Crippen molar-refractivity contribution in [3.05, 3.63) is 50.4 Å². The molecular formula is C15H14BrCl2NO. The Morgan fingerprint density at radius 1 is 1.10 bits per heavy atom. The molecule has 2 N–H and O–H groups in total. The van der Waals surface area contributed by atoms with Crippen LogP contribution in [0.5, 0.6) is 11.5 Å². The molecule has 0 fully saturated rings. The van der Waals surface area contributed by atoms with Crippen LogP contribution in [-0.4, -0.2) is 0 Å². The van der Waals surface area contributed by atoms with E-state index >= 15 is 0 Å². The topological polar surface area (TPSA) is 35.2 Å². The molecule has 0 spiro atoms. The average molecular weight is 375 g/mol. The van der Waals surface area contributed by atoms with Gasteiger partial charge < -0.3 is 10.5 Å². The van der Waals surface area contributed by atoms with Crippen molar-refractivity contribution in [2.45, 2.75) is 19.8 Å². The van der Waals surface area contributed by atoms with Crippen LogP contribution in [0.2, 0.25) is 10.0 Å². The van der Waals surface area contributed by atoms with E-state index in [4.69, 9.17) is 33.7 Å². The second kappa shape index (κ2) is 6.25. The van der Waals surface area contributed by atoms with E-state index in [2.05, 4.69) is 29.8 Å². The molecule has 0 saturated heterocycles. The van der Waals surface area contributed by atoms with E-state index in [9.17, 15) is 0 Å². The number of nitrogen functional groups attached to an aromatic ring is 1. The number of hydrogen-bond acceptors (Lipinski definition) is 2. The third-order valence-electron chi connectivity index (χ3n) is 2.83. The molecule has 0 aliphatic rings. The summed E-state index contributed by atoms with van der Waals surface area (Å²) in [5.74, 6) is 1.47. The smallest absolute Gasteiger partial charge is 0.164 e. The molecule has 0 atom stereocenters. The zero-order valence-electron chi connectivity index (χ0n) is 11.1. The number of hydrogen-bond donors (Lipinski definition) is 1. The Kier molecular flexibility index (Phi) is 4.84. The first-order valence-electron chi connectivity index (χ1n) is 6.10. The molecule has 2 nitrogen and oxygen atoms in total. The molecule has 0 unspecified atom stereocenters. The van der Waals surface area contributed by atoms with E-state index in [1.54, 1.807) is 12.1 Å². The highest BCUT2D eigenvalue weighted by molar-refractivity contribution is 9.10. The van der Waals surface area contributed by atoms with Crippen LogP contribution in [0.4, 0.5) is 5.69 Å². The maximum atomic E-state index is 6.15. The van der Waals surface area contributed by atoms with Crippen LogP contribution in [0.25, 0.3) is 0 Å². The van der Waals surface area contributed by atoms with Crippen LogP contribution in [0, 0.1) is 0 Å². The second-order valence-corrected chi connectivity index (χ2v) is 6.48. The fraction of sp³-hybridized carbons (Fsp3) is 0.200. The Hall–Kier alpha value is -0.900. The summed E-state index contributed by atoms with van der Waals surface area (Å²) < 4.78 is 6.90. The van der Waals surface area contributed by atoms with Crippen molar-refractivity contribution in [1.29, 1.82) is 0 Å². The fourth-order valence-electron chi connectivity index (χ4n) is 1.85. The molecular weight excluding hydrogens is 361 g/mol. The minimum absolute atomic E-state index is 0.314. The number of benzene rings is 2. The zero-order valence-corrected chi connectivity index (χ0v) is 14.2. The summed E-state index contributed by atoms with van der Waals surface area (Å²) in [5.41, 5.74) is 7.27. The van der Waals surface area contributed by atoms with Gasteiger partial charge in [-0.05, 0) is 41.8 Å². The minimum Gasteiger partial charge on any atom is -0.454 e. The highest BCUT2D eigenvalue weighted by Crippen LogP contribution is 2.40. The Balaban J connectivity index is 2.45. The standard InChI is InChI=1S/C15H14BrCl2NO/c1-8(2)11-5-9(16)3-4-14(11)20-15-12(17)6-10(19)7-13(15)18/h3-8H,19H2,1-2H3. The van der Waals surface area contributed by atoms with E-state index < -0.39 is 0 Å². The summed E-state index contributed by atoms with van der Waals surface area (Å²) in [6.07, 6.45) is 0. The average Bonchev–Trinajstić information content (AvgIpc) is 2.34. The lowest BCUT2D eigenvalue weighted by molar-refractivity contribution is 0.473. The molecule has 0 saturated carbocycles. The van der Waals surface area contributed by atoms with Crippen LogP contribution in [-0.2, 0) is 0 Å². The van der Waals surface area contributed by atoms with Crippen molar-refractivity contribution in [2.24, 2.45) is 0 Å². The van der Waals surface area contributed by atoms with Crippen molar-refractivity contribution in [1.82, 2.24) is 0 Å². The van der Waals surface area contributed by atoms with Gasteiger partial charge in [-0.2, -0.15) is 0 Å². The summed E-state index contributed by atoms with van der Waals surface area (Å²) in [6.45, 7) is 4.20. The fourth-order valence-corrected chi connectivity index (χ4v) is 2.81. The quantitative estimate of drug-likeness (QED) is 0.644. The predicted molar refractivity (Wildman–Crippen MR) is 89.2 cm³/mol. The lowest BCUT2D eigenvalue weighted by Gasteiger charge is -2.16. The first kappa shape index (κ1) is 15.5. The van der Waals surface area contributed by atoms with Gasteiger partial charge in [0.2, 0.25) is 0 Å². The Labute approximate surface area is 137 Å². The van der Waals surface area contributed by atoms with E-state index in [1.807, 2.05) is 18.2 Å². The van der Waals surface area contributed by atoms with Gasteiger partial charge in [0.15, 0.2) is 5.75 Å². The van der Waals surface area contributed by atoms with Gasteiger partial charge in [-0.25, -0.2) is 0 Å². The SMILES string of the molecule is CC(C)c1cc(Br)ccc1Oc1c(Cl)cc(N)cc1Cl. The lowest BCUT2D eigenvalue weighted by atomic mass is 10.0. The third-order valence-corrected chi connectivity index (χ3v) is 3.88. The van der Waals surface area contributed by atoms with Crippen LogP contribution in [0.15, 0.2) is 34.8 Å². The van der Waals surface area contributed by atoms with Crippen LogP contribution >= 0.6 is 39.1 Å². The maximum absolute atomic E-state index is 6.15. The molecule has 2 aromatic rings. The molecule has 0 aliphatic carbocycles. The molecule has 0 heterocycles. The van der Waals surface area contributed by atoms with Gasteiger partial charge in [0, 0.05) is 10.2 Å². The first-order valence-corrected chi connectivity index (χ1v) is 7.65. The third kappa shape index (κ3) is 3.40. The largest absolute Gasteiger partial charge is 0.454 e. The van der Waals surface area contributed by atoms with Crippen molar-refractivity contribution in [2.75, 3.05) is 5.73 Å². The van der Waals surface area contributed by atoms with Gasteiger partial charge in [-0.3, -0.25) is 0 Å². The van der Waals surface area contributed by atoms with Crippen LogP contribution < -0.4 is 10.5 Å². The molecule has 0 radical (unpaired) electrons. The number of rotatable bonds is 3. The zero-order chi connectivity index (χ0) is 14.9. The molecule has 20 heavy (non-hydrogen) atoms. The van der Waals surface area contributed by atoms with E-state index in [0.29, 0.717) is 27.4 Å². The van der Waals surface area contributed by atoms with Crippen molar-refractivity contribution < 1.29 is 4.74 Å². The Morgan fingerprint density at radius 3 is 2.25 bits per heavy atom. The van der Waals surface area contributed by atoms with Crippen LogP contribution in [0.3, 0.4) is 0 Å². The number of nitrogens with two attached hydrogens (primary N) is 1. The summed E-state index contributed by atoms with van der Waals surface area (Å²) in [7, 11) is 0. The van der Waals surface area contributed by atoms with E-state index in [0.717, 1.165) is 15.8 Å². The molecule has 0 amide bonds. The van der Waals surface area contributed by atoms with Crippen LogP contribution in [0.1, 0.15) is 25.3 Å². The predicted octanol–water partition coefficient (Wildman–Crippen LogP) is 6.25. The van der Waals surface area contributed by atoms with Gasteiger partial charge in [0.05, 0.1) is 10.0 Å². The van der Waals surface area contributed by atoms with Gasteiger partial charge >= 0.3 is 0 Å². The van der Waals surface area contributed by atoms with E-state index in [1.165, 1.54) is 0 Å². The highest BCUT2D eigenvalue weighted by Gasteiger charge is 2.14. The normalized spacial score (nSPS) is 10.9. The van der Waals surface area contributed by atoms with Gasteiger partial charge in [0.25, 0.3) is 0 Å². The van der Waals surface area contributed by atoms with Crippen molar-refractivity contribution >= 4 is 44.8 Å². The molecule has 5 heteroatoms. The summed E-state index contributed by atoms with van der Waals surface area (Å²) in [6, 6.07) is 9.08. The number of anilines is 1. The molecule has 2 rings (SSSR count).